The fourth-order valence-electron chi connectivity index (χ4n) is 3.11. The summed E-state index contributed by atoms with van der Waals surface area (Å²) in [5.74, 6) is -0.0907. The second-order valence-corrected chi connectivity index (χ2v) is 8.91. The maximum atomic E-state index is 12.3. The summed E-state index contributed by atoms with van der Waals surface area (Å²) in [5.41, 5.74) is 3.35. The summed E-state index contributed by atoms with van der Waals surface area (Å²) < 4.78 is 34.2. The molecule has 32 heavy (non-hydrogen) atoms. The molecule has 0 radical (unpaired) electrons. The van der Waals surface area contributed by atoms with Gasteiger partial charge in [0.2, 0.25) is 10.0 Å². The summed E-state index contributed by atoms with van der Waals surface area (Å²) in [6, 6.07) is 22.4. The van der Waals surface area contributed by atoms with Crippen LogP contribution in [0.3, 0.4) is 0 Å². The smallest absolute Gasteiger partial charge is 0.257 e. The van der Waals surface area contributed by atoms with E-state index in [1.807, 2.05) is 42.5 Å². The Morgan fingerprint density at radius 2 is 1.72 bits per heavy atom. The molecule has 8 nitrogen and oxygen atoms in total. The molecule has 0 aliphatic rings. The molecular weight excluding hydrogens is 428 g/mol. The molecule has 4 rings (SSSR count). The van der Waals surface area contributed by atoms with Crippen LogP contribution in [-0.2, 0) is 14.8 Å². The van der Waals surface area contributed by atoms with E-state index in [4.69, 9.17) is 4.74 Å². The van der Waals surface area contributed by atoms with E-state index in [9.17, 15) is 13.2 Å². The Labute approximate surface area is 185 Å². The van der Waals surface area contributed by atoms with E-state index in [1.54, 1.807) is 47.2 Å². The van der Waals surface area contributed by atoms with Crippen LogP contribution in [0.2, 0.25) is 0 Å². The van der Waals surface area contributed by atoms with Gasteiger partial charge in [-0.05, 0) is 41.5 Å². The number of fused-ring (bicyclic) bond motifs is 1. The first-order valence-corrected chi connectivity index (χ1v) is 11.6. The third kappa shape index (κ3) is 5.64. The molecule has 0 aliphatic heterocycles. The molecule has 0 saturated heterocycles. The zero-order valence-corrected chi connectivity index (χ0v) is 18.0. The molecule has 2 aromatic heterocycles. The summed E-state index contributed by atoms with van der Waals surface area (Å²) in [6.45, 7) is -0.227. The van der Waals surface area contributed by atoms with Crippen molar-refractivity contribution in [3.8, 4) is 16.9 Å². The molecule has 0 unspecified atom stereocenters. The number of carbonyl (C=O) groups is 1. The zero-order valence-electron chi connectivity index (χ0n) is 17.1. The summed E-state index contributed by atoms with van der Waals surface area (Å²) in [5, 5.41) is 6.62. The largest absolute Gasteiger partial charge is 0.484 e. The Hall–Kier alpha value is -3.85. The molecule has 164 valence electrons. The van der Waals surface area contributed by atoms with Crippen LogP contribution in [0.5, 0.6) is 5.75 Å². The van der Waals surface area contributed by atoms with Gasteiger partial charge in [-0.2, -0.15) is 5.10 Å². The lowest BCUT2D eigenvalue weighted by molar-refractivity contribution is -0.122. The number of rotatable bonds is 9. The van der Waals surface area contributed by atoms with Crippen LogP contribution < -0.4 is 14.8 Å². The second kappa shape index (κ2) is 9.52. The number of carbonyl (C=O) groups excluding carboxylic acids is 1. The number of hydrogen-bond acceptors (Lipinski definition) is 5. The minimum atomic E-state index is -3.62. The topological polar surface area (TPSA) is 102 Å². The summed E-state index contributed by atoms with van der Waals surface area (Å²) in [4.78, 5) is 12.0. The first-order chi connectivity index (χ1) is 15.5. The van der Waals surface area contributed by atoms with Gasteiger partial charge >= 0.3 is 0 Å². The van der Waals surface area contributed by atoms with Crippen molar-refractivity contribution in [3.05, 3.63) is 85.2 Å². The highest BCUT2D eigenvalue weighted by molar-refractivity contribution is 7.92. The Morgan fingerprint density at radius 3 is 2.50 bits per heavy atom. The number of pyridine rings is 1. The molecule has 2 N–H and O–H groups in total. The van der Waals surface area contributed by atoms with Crippen molar-refractivity contribution in [1.82, 2.24) is 14.9 Å². The third-order valence-corrected chi connectivity index (χ3v) is 5.99. The van der Waals surface area contributed by atoms with Crippen molar-refractivity contribution < 1.29 is 17.9 Å². The molecule has 0 bridgehead atoms. The first-order valence-electron chi connectivity index (χ1n) is 9.97. The molecule has 0 fully saturated rings. The fourth-order valence-corrected chi connectivity index (χ4v) is 4.07. The van der Waals surface area contributed by atoms with Gasteiger partial charge in [0, 0.05) is 18.9 Å². The predicted molar refractivity (Wildman–Crippen MR) is 123 cm³/mol. The molecule has 0 aliphatic carbocycles. The van der Waals surface area contributed by atoms with Crippen molar-refractivity contribution in [3.63, 3.8) is 0 Å². The second-order valence-electron chi connectivity index (χ2n) is 7.07. The van der Waals surface area contributed by atoms with Crippen LogP contribution in [0.4, 0.5) is 5.69 Å². The zero-order chi connectivity index (χ0) is 22.4. The quantitative estimate of drug-likeness (QED) is 0.408. The van der Waals surface area contributed by atoms with Crippen LogP contribution in [-0.4, -0.2) is 42.8 Å². The number of anilines is 1. The number of ether oxygens (including phenoxy) is 1. The van der Waals surface area contributed by atoms with E-state index in [2.05, 4.69) is 15.1 Å². The summed E-state index contributed by atoms with van der Waals surface area (Å²) >= 11 is 0. The van der Waals surface area contributed by atoms with Crippen molar-refractivity contribution in [2.24, 2.45) is 0 Å². The van der Waals surface area contributed by atoms with Gasteiger partial charge in [0.1, 0.15) is 5.75 Å². The SMILES string of the molecule is O=C(COc1ccc(-c2ccccc2)cc1)NCCS(=O)(=O)Nc1ccn2nccc2c1. The van der Waals surface area contributed by atoms with E-state index in [-0.39, 0.29) is 18.9 Å². The Morgan fingerprint density at radius 1 is 0.969 bits per heavy atom. The third-order valence-electron chi connectivity index (χ3n) is 4.70. The monoisotopic (exact) mass is 450 g/mol. The van der Waals surface area contributed by atoms with E-state index in [1.165, 1.54) is 0 Å². The fraction of sp³-hybridized carbons (Fsp3) is 0.130. The minimum absolute atomic E-state index is 0.0284. The van der Waals surface area contributed by atoms with Gasteiger partial charge in [-0.1, -0.05) is 42.5 Å². The lowest BCUT2D eigenvalue weighted by atomic mass is 10.1. The Bertz CT molecular complexity index is 1300. The van der Waals surface area contributed by atoms with E-state index < -0.39 is 15.9 Å². The molecule has 0 spiro atoms. The number of nitrogens with one attached hydrogen (secondary N) is 2. The molecule has 4 aromatic rings. The number of benzene rings is 2. The van der Waals surface area contributed by atoms with Gasteiger partial charge in [0.05, 0.1) is 17.0 Å². The standard InChI is InChI=1S/C23H22N4O4S/c28-23(17-31-22-8-6-19(7-9-22)18-4-2-1-3-5-18)24-13-15-32(29,30)26-20-11-14-27-21(16-20)10-12-25-27/h1-12,14,16,26H,13,15,17H2,(H,24,28). The number of aromatic nitrogens is 2. The average molecular weight is 451 g/mol. The number of hydrogen-bond donors (Lipinski definition) is 2. The van der Waals surface area contributed by atoms with Crippen LogP contribution >= 0.6 is 0 Å². The number of sulfonamides is 1. The molecule has 0 atom stereocenters. The van der Waals surface area contributed by atoms with E-state index in [0.29, 0.717) is 11.4 Å². The first kappa shape index (κ1) is 21.4. The maximum absolute atomic E-state index is 12.3. The van der Waals surface area contributed by atoms with Gasteiger partial charge in [-0.3, -0.25) is 9.52 Å². The highest BCUT2D eigenvalue weighted by Crippen LogP contribution is 2.22. The van der Waals surface area contributed by atoms with Gasteiger partial charge in [-0.15, -0.1) is 0 Å². The predicted octanol–water partition coefficient (Wildman–Crippen LogP) is 2.94. The number of nitrogens with zero attached hydrogens (tertiary/aromatic N) is 2. The summed E-state index contributed by atoms with van der Waals surface area (Å²) in [7, 11) is -3.62. The van der Waals surface area contributed by atoms with Crippen LogP contribution in [0, 0.1) is 0 Å². The van der Waals surface area contributed by atoms with Gasteiger partial charge in [-0.25, -0.2) is 12.9 Å². The highest BCUT2D eigenvalue weighted by Gasteiger charge is 2.12. The Balaban J connectivity index is 1.21. The minimum Gasteiger partial charge on any atom is -0.484 e. The molecule has 2 aromatic carbocycles. The molecular formula is C23H22N4O4S. The van der Waals surface area contributed by atoms with Crippen molar-refractivity contribution in [1.29, 1.82) is 0 Å². The lowest BCUT2D eigenvalue weighted by Gasteiger charge is -2.10. The normalized spacial score (nSPS) is 11.2. The van der Waals surface area contributed by atoms with Crippen LogP contribution in [0.1, 0.15) is 0 Å². The molecule has 1 amide bonds. The van der Waals surface area contributed by atoms with Crippen molar-refractivity contribution in [2.45, 2.75) is 0 Å². The highest BCUT2D eigenvalue weighted by atomic mass is 32.2. The summed E-state index contributed by atoms with van der Waals surface area (Å²) in [6.07, 6.45) is 3.29. The van der Waals surface area contributed by atoms with E-state index in [0.717, 1.165) is 16.6 Å². The van der Waals surface area contributed by atoms with Gasteiger partial charge in [0.25, 0.3) is 5.91 Å². The van der Waals surface area contributed by atoms with Crippen molar-refractivity contribution in [2.75, 3.05) is 23.6 Å². The van der Waals surface area contributed by atoms with Crippen LogP contribution in [0.25, 0.3) is 16.6 Å². The maximum Gasteiger partial charge on any atom is 0.257 e. The van der Waals surface area contributed by atoms with Gasteiger partial charge in [0.15, 0.2) is 6.61 Å². The van der Waals surface area contributed by atoms with Crippen LogP contribution in [0.15, 0.2) is 85.2 Å². The molecule has 0 saturated carbocycles. The molecule has 9 heteroatoms. The molecule has 2 heterocycles. The van der Waals surface area contributed by atoms with Crippen molar-refractivity contribution >= 4 is 27.1 Å². The Kier molecular flexibility index (Phi) is 6.37. The number of amides is 1. The average Bonchev–Trinajstić information content (AvgIpc) is 3.26. The van der Waals surface area contributed by atoms with E-state index >= 15 is 0 Å². The lowest BCUT2D eigenvalue weighted by Crippen LogP contribution is -2.34. The van der Waals surface area contributed by atoms with Gasteiger partial charge < -0.3 is 10.1 Å².